The van der Waals surface area contributed by atoms with E-state index in [-0.39, 0.29) is 17.5 Å². The fraction of sp³-hybridized carbons (Fsp3) is 0.545. The Labute approximate surface area is 199 Å². The summed E-state index contributed by atoms with van der Waals surface area (Å²) < 4.78 is 39.3. The van der Waals surface area contributed by atoms with Crippen LogP contribution in [0.25, 0.3) is 0 Å². The van der Waals surface area contributed by atoms with Gasteiger partial charge in [0.05, 0.1) is 10.7 Å². The van der Waals surface area contributed by atoms with Crippen LogP contribution in [0.5, 0.6) is 0 Å². The first-order valence-electron chi connectivity index (χ1n) is 11.2. The number of hydrogen-bond acceptors (Lipinski definition) is 6. The number of piperazine rings is 1. The van der Waals surface area contributed by atoms with E-state index >= 15 is 0 Å². The van der Waals surface area contributed by atoms with E-state index < -0.39 is 17.3 Å². The first kappa shape index (κ1) is 24.5. The van der Waals surface area contributed by atoms with E-state index in [0.717, 1.165) is 24.8 Å². The van der Waals surface area contributed by atoms with E-state index in [2.05, 4.69) is 19.9 Å². The number of anilines is 1. The van der Waals surface area contributed by atoms with E-state index in [1.807, 2.05) is 16.1 Å². The Morgan fingerprint density at radius 1 is 1.18 bits per heavy atom. The Morgan fingerprint density at radius 2 is 1.94 bits per heavy atom. The number of halogens is 4. The van der Waals surface area contributed by atoms with Crippen LogP contribution in [0.1, 0.15) is 36.4 Å². The van der Waals surface area contributed by atoms with Crippen molar-refractivity contribution in [1.29, 1.82) is 0 Å². The molecule has 184 valence electrons. The quantitative estimate of drug-likeness (QED) is 0.682. The third-order valence-corrected chi connectivity index (χ3v) is 6.59. The van der Waals surface area contributed by atoms with E-state index in [9.17, 15) is 22.8 Å². The van der Waals surface area contributed by atoms with Gasteiger partial charge in [0.25, 0.3) is 5.56 Å². The van der Waals surface area contributed by atoms with Gasteiger partial charge in [-0.15, -0.1) is 0 Å². The van der Waals surface area contributed by atoms with E-state index in [0.29, 0.717) is 57.1 Å². The maximum Gasteiger partial charge on any atom is 0.421 e. The molecule has 0 saturated carbocycles. The second-order valence-electron chi connectivity index (χ2n) is 8.63. The minimum absolute atomic E-state index is 0.0624. The summed E-state index contributed by atoms with van der Waals surface area (Å²) in [6.07, 6.45) is -1.31. The molecule has 8 nitrogen and oxygen atoms in total. The molecule has 4 heterocycles. The normalized spacial score (nSPS) is 19.9. The molecule has 2 fully saturated rings. The molecule has 2 aliphatic heterocycles. The minimum atomic E-state index is -4.72. The molecule has 2 aromatic heterocycles. The van der Waals surface area contributed by atoms with Crippen molar-refractivity contribution >= 4 is 23.3 Å². The number of aromatic amines is 1. The molecule has 34 heavy (non-hydrogen) atoms. The van der Waals surface area contributed by atoms with Crippen molar-refractivity contribution < 1.29 is 18.0 Å². The number of piperidine rings is 1. The molecular weight excluding hydrogens is 473 g/mol. The maximum atomic E-state index is 13.1. The highest BCUT2D eigenvalue weighted by Gasteiger charge is 2.35. The zero-order valence-electron chi connectivity index (χ0n) is 18.5. The summed E-state index contributed by atoms with van der Waals surface area (Å²) in [5.41, 5.74) is -2.23. The molecule has 2 aromatic rings. The van der Waals surface area contributed by atoms with Crippen LogP contribution in [0.3, 0.4) is 0 Å². The Morgan fingerprint density at radius 3 is 2.62 bits per heavy atom. The topological polar surface area (TPSA) is 85.4 Å². The third-order valence-electron chi connectivity index (χ3n) is 6.36. The Kier molecular flexibility index (Phi) is 7.42. The van der Waals surface area contributed by atoms with Gasteiger partial charge in [-0.1, -0.05) is 11.6 Å². The number of nitrogens with zero attached hydrogens (tertiary/aromatic N) is 5. The van der Waals surface area contributed by atoms with Crippen molar-refractivity contribution in [3.8, 4) is 0 Å². The van der Waals surface area contributed by atoms with Crippen LogP contribution in [-0.2, 0) is 11.0 Å². The highest BCUT2D eigenvalue weighted by atomic mass is 35.5. The van der Waals surface area contributed by atoms with Crippen LogP contribution >= 0.6 is 11.6 Å². The molecule has 0 aliphatic carbocycles. The summed E-state index contributed by atoms with van der Waals surface area (Å²) in [4.78, 5) is 34.6. The molecule has 2 aliphatic rings. The molecule has 1 atom stereocenters. The predicted molar refractivity (Wildman–Crippen MR) is 121 cm³/mol. The average Bonchev–Trinajstić information content (AvgIpc) is 2.83. The number of hydrogen-bond donors (Lipinski definition) is 1. The molecule has 1 unspecified atom stereocenters. The average molecular weight is 499 g/mol. The largest absolute Gasteiger partial charge is 0.421 e. The molecule has 0 bridgehead atoms. The van der Waals surface area contributed by atoms with Crippen LogP contribution in [0.15, 0.2) is 29.2 Å². The molecular formula is C22H26ClF3N6O2. The summed E-state index contributed by atoms with van der Waals surface area (Å²) in [5.74, 6) is 0.671. The van der Waals surface area contributed by atoms with Gasteiger partial charge < -0.3 is 14.7 Å². The lowest BCUT2D eigenvalue weighted by atomic mass is 9.93. The molecule has 1 amide bonds. The van der Waals surface area contributed by atoms with Crippen LogP contribution in [0.4, 0.5) is 19.0 Å². The number of aromatic nitrogens is 3. The second-order valence-corrected chi connectivity index (χ2v) is 9.06. The summed E-state index contributed by atoms with van der Waals surface area (Å²) in [7, 11) is 0. The van der Waals surface area contributed by atoms with Crippen LogP contribution in [0, 0.1) is 0 Å². The van der Waals surface area contributed by atoms with E-state index in [4.69, 9.17) is 11.6 Å². The maximum absolute atomic E-state index is 13.1. The molecule has 0 radical (unpaired) electrons. The van der Waals surface area contributed by atoms with Gasteiger partial charge in [-0.3, -0.25) is 9.59 Å². The smallest absolute Gasteiger partial charge is 0.353 e. The van der Waals surface area contributed by atoms with Crippen molar-refractivity contribution in [2.75, 3.05) is 50.7 Å². The Bertz CT molecular complexity index is 1050. The van der Waals surface area contributed by atoms with Crippen LogP contribution in [0.2, 0.25) is 5.02 Å². The lowest BCUT2D eigenvalue weighted by Gasteiger charge is -2.36. The monoisotopic (exact) mass is 498 g/mol. The molecule has 4 rings (SSSR count). The number of nitrogens with one attached hydrogen (secondary N) is 1. The van der Waals surface area contributed by atoms with Gasteiger partial charge in [0, 0.05) is 57.8 Å². The third kappa shape index (κ3) is 5.87. The van der Waals surface area contributed by atoms with Gasteiger partial charge >= 0.3 is 6.18 Å². The van der Waals surface area contributed by atoms with Gasteiger partial charge in [0.15, 0.2) is 0 Å². The molecule has 2 saturated heterocycles. The van der Waals surface area contributed by atoms with Gasteiger partial charge in [0.1, 0.15) is 11.4 Å². The number of rotatable bonds is 5. The zero-order chi connectivity index (χ0) is 24.3. The van der Waals surface area contributed by atoms with E-state index in [1.165, 1.54) is 0 Å². The fourth-order valence-electron chi connectivity index (χ4n) is 4.49. The molecule has 0 aromatic carbocycles. The number of H-pyrrole nitrogens is 1. The van der Waals surface area contributed by atoms with Crippen LogP contribution in [-0.4, -0.2) is 76.7 Å². The summed E-state index contributed by atoms with van der Waals surface area (Å²) in [6, 6.07) is 4.51. The number of carbonyl (C=O) groups excluding carboxylic acids is 1. The molecule has 12 heteroatoms. The number of alkyl halides is 3. The van der Waals surface area contributed by atoms with Crippen molar-refractivity contribution in [3.63, 3.8) is 0 Å². The van der Waals surface area contributed by atoms with Gasteiger partial charge in [0.2, 0.25) is 5.91 Å². The summed E-state index contributed by atoms with van der Waals surface area (Å²) in [6.45, 7) is 4.39. The van der Waals surface area contributed by atoms with Gasteiger partial charge in [-0.2, -0.15) is 18.3 Å². The SMILES string of the molecule is O=C(CCN1CCCC(c2cc(C(F)(F)F)c(=O)[nH]n2)C1)N1CCN(c2ccc(Cl)cn2)CC1. The Hall–Kier alpha value is -2.66. The first-order valence-corrected chi connectivity index (χ1v) is 11.6. The standard InChI is InChI=1S/C22H26ClF3N6O2/c23-16-3-4-19(27-13-16)31-8-10-32(11-9-31)20(33)5-7-30-6-1-2-15(14-30)18-12-17(22(24,25)26)21(34)29-28-18/h3-4,12-13,15H,1-2,5-11,14H2,(H,29,34). The number of likely N-dealkylation sites (tertiary alicyclic amines) is 1. The minimum Gasteiger partial charge on any atom is -0.353 e. The van der Waals surface area contributed by atoms with Crippen molar-refractivity contribution in [3.05, 3.63) is 51.0 Å². The van der Waals surface area contributed by atoms with Crippen molar-refractivity contribution in [1.82, 2.24) is 25.0 Å². The molecule has 1 N–H and O–H groups in total. The lowest BCUT2D eigenvalue weighted by molar-refractivity contribution is -0.139. The number of amides is 1. The van der Waals surface area contributed by atoms with Gasteiger partial charge in [-0.05, 0) is 37.6 Å². The fourth-order valence-corrected chi connectivity index (χ4v) is 4.60. The van der Waals surface area contributed by atoms with Crippen LogP contribution < -0.4 is 10.5 Å². The summed E-state index contributed by atoms with van der Waals surface area (Å²) >= 11 is 5.89. The summed E-state index contributed by atoms with van der Waals surface area (Å²) in [5, 5.41) is 6.42. The van der Waals surface area contributed by atoms with Gasteiger partial charge in [-0.25, -0.2) is 10.1 Å². The van der Waals surface area contributed by atoms with Crippen molar-refractivity contribution in [2.24, 2.45) is 0 Å². The number of pyridine rings is 1. The highest BCUT2D eigenvalue weighted by Crippen LogP contribution is 2.30. The zero-order valence-corrected chi connectivity index (χ0v) is 19.3. The van der Waals surface area contributed by atoms with Crippen molar-refractivity contribution in [2.45, 2.75) is 31.4 Å². The number of carbonyl (C=O) groups is 1. The van der Waals surface area contributed by atoms with E-state index in [1.54, 1.807) is 12.3 Å². The second kappa shape index (κ2) is 10.3. The highest BCUT2D eigenvalue weighted by molar-refractivity contribution is 6.30. The lowest BCUT2D eigenvalue weighted by Crippen LogP contribution is -2.49. The molecule has 0 spiro atoms. The first-order chi connectivity index (χ1) is 16.2. The Balaban J connectivity index is 1.27. The predicted octanol–water partition coefficient (Wildman–Crippen LogP) is 2.76.